The van der Waals surface area contributed by atoms with E-state index in [1.807, 2.05) is 42.5 Å². The number of hydrogen-bond donors (Lipinski definition) is 1. The lowest BCUT2D eigenvalue weighted by Gasteiger charge is -2.06. The fraction of sp³-hybridized carbons (Fsp3) is 0.0800. The first-order chi connectivity index (χ1) is 15.5. The van der Waals surface area contributed by atoms with Crippen molar-refractivity contribution < 1.29 is 14.3 Å². The third-order valence-electron chi connectivity index (χ3n) is 4.51. The third-order valence-corrected chi connectivity index (χ3v) is 5.55. The number of thiazole rings is 1. The summed E-state index contributed by atoms with van der Waals surface area (Å²) in [5.41, 5.74) is 1.92. The minimum Gasteiger partial charge on any atom is -0.457 e. The number of fused-ring (bicyclic) bond motifs is 1. The van der Waals surface area contributed by atoms with E-state index >= 15 is 0 Å². The predicted octanol–water partition coefficient (Wildman–Crippen LogP) is 4.83. The van der Waals surface area contributed by atoms with Crippen LogP contribution in [0.25, 0.3) is 10.2 Å². The Labute approximate surface area is 188 Å². The number of anilines is 1. The van der Waals surface area contributed by atoms with Crippen molar-refractivity contribution in [2.24, 2.45) is 4.99 Å². The molecule has 0 aliphatic heterocycles. The number of aromatic nitrogens is 1. The van der Waals surface area contributed by atoms with Crippen LogP contribution in [-0.2, 0) is 11.3 Å². The summed E-state index contributed by atoms with van der Waals surface area (Å²) in [5, 5.41) is 2.76. The summed E-state index contributed by atoms with van der Waals surface area (Å²) in [7, 11) is 0. The largest absolute Gasteiger partial charge is 0.457 e. The number of nitrogens with one attached hydrogen (secondary N) is 1. The third kappa shape index (κ3) is 4.77. The number of benzene rings is 3. The second kappa shape index (κ2) is 9.33. The van der Waals surface area contributed by atoms with Crippen molar-refractivity contribution in [3.63, 3.8) is 0 Å². The highest BCUT2D eigenvalue weighted by Gasteiger charge is 2.11. The Bertz CT molecular complexity index is 1410. The number of amides is 2. The van der Waals surface area contributed by atoms with Crippen LogP contribution in [0.3, 0.4) is 0 Å². The zero-order valence-corrected chi connectivity index (χ0v) is 18.1. The predicted molar refractivity (Wildman–Crippen MR) is 126 cm³/mol. The molecule has 7 heteroatoms. The molecule has 32 heavy (non-hydrogen) atoms. The lowest BCUT2D eigenvalue weighted by Crippen LogP contribution is -2.16. The minimum atomic E-state index is -0.400. The number of nitrogens with zero attached hydrogens (tertiary/aromatic N) is 2. The summed E-state index contributed by atoms with van der Waals surface area (Å²) in [4.78, 5) is 29.1. The molecule has 0 aliphatic carbocycles. The average molecular weight is 442 g/mol. The van der Waals surface area contributed by atoms with Crippen molar-refractivity contribution in [3.05, 3.63) is 83.2 Å². The summed E-state index contributed by atoms with van der Waals surface area (Å²) in [6.45, 7) is 1.72. The van der Waals surface area contributed by atoms with Crippen LogP contribution in [0.1, 0.15) is 17.3 Å². The van der Waals surface area contributed by atoms with E-state index in [0.29, 0.717) is 27.6 Å². The molecule has 1 N–H and O–H groups in total. The van der Waals surface area contributed by atoms with Gasteiger partial charge in [-0.3, -0.25) is 9.59 Å². The highest BCUT2D eigenvalue weighted by atomic mass is 32.1. The molecule has 0 fully saturated rings. The standard InChI is InChI=1S/C25H19N3O3S/c1-3-14-28-22-13-12-19(26-17(2)29)16-23(22)32-25(28)27-24(30)18-8-7-11-21(15-18)31-20-9-5-4-6-10-20/h1,4-13,15-16H,14H2,2H3,(H,26,29). The molecule has 0 saturated carbocycles. The van der Waals surface area contributed by atoms with E-state index in [0.717, 1.165) is 10.2 Å². The van der Waals surface area contributed by atoms with E-state index in [1.165, 1.54) is 18.3 Å². The maximum Gasteiger partial charge on any atom is 0.279 e. The lowest BCUT2D eigenvalue weighted by molar-refractivity contribution is -0.114. The number of para-hydroxylation sites is 1. The first-order valence-corrected chi connectivity index (χ1v) is 10.6. The van der Waals surface area contributed by atoms with Gasteiger partial charge in [-0.25, -0.2) is 0 Å². The number of terminal acetylenes is 1. The fourth-order valence-electron chi connectivity index (χ4n) is 3.15. The normalized spacial score (nSPS) is 11.2. The van der Waals surface area contributed by atoms with Gasteiger partial charge in [0.25, 0.3) is 5.91 Å². The molecule has 4 rings (SSSR count). The first kappa shape index (κ1) is 21.1. The Morgan fingerprint density at radius 2 is 1.84 bits per heavy atom. The van der Waals surface area contributed by atoms with E-state index in [-0.39, 0.29) is 12.5 Å². The van der Waals surface area contributed by atoms with E-state index in [9.17, 15) is 9.59 Å². The summed E-state index contributed by atoms with van der Waals surface area (Å²) in [5.74, 6) is 3.28. The van der Waals surface area contributed by atoms with Gasteiger partial charge in [-0.15, -0.1) is 6.42 Å². The second-order valence-corrected chi connectivity index (χ2v) is 7.91. The Morgan fingerprint density at radius 3 is 2.59 bits per heavy atom. The SMILES string of the molecule is C#CCn1c(=NC(=O)c2cccc(Oc3ccccc3)c2)sc2cc(NC(C)=O)ccc21. The molecule has 4 aromatic rings. The van der Waals surface area contributed by atoms with Crippen LogP contribution >= 0.6 is 11.3 Å². The highest BCUT2D eigenvalue weighted by Crippen LogP contribution is 2.24. The molecule has 2 amide bonds. The van der Waals surface area contributed by atoms with Crippen molar-refractivity contribution in [2.75, 3.05) is 5.32 Å². The van der Waals surface area contributed by atoms with E-state index < -0.39 is 5.91 Å². The fourth-order valence-corrected chi connectivity index (χ4v) is 4.22. The van der Waals surface area contributed by atoms with Gasteiger partial charge < -0.3 is 14.6 Å². The lowest BCUT2D eigenvalue weighted by atomic mass is 10.2. The van der Waals surface area contributed by atoms with Gasteiger partial charge in [0.15, 0.2) is 4.80 Å². The molecule has 0 bridgehead atoms. The Hall–Kier alpha value is -4.15. The van der Waals surface area contributed by atoms with E-state index in [2.05, 4.69) is 16.2 Å². The molecule has 0 radical (unpaired) electrons. The molecule has 1 aromatic heterocycles. The van der Waals surface area contributed by atoms with Gasteiger partial charge in [-0.1, -0.05) is 41.5 Å². The zero-order valence-electron chi connectivity index (χ0n) is 17.2. The summed E-state index contributed by atoms with van der Waals surface area (Å²) < 4.78 is 8.48. The molecule has 1 heterocycles. The van der Waals surface area contributed by atoms with Crippen LogP contribution in [0.5, 0.6) is 11.5 Å². The Kier molecular flexibility index (Phi) is 6.15. The monoisotopic (exact) mass is 441 g/mol. The molecule has 0 spiro atoms. The minimum absolute atomic E-state index is 0.157. The smallest absolute Gasteiger partial charge is 0.279 e. The van der Waals surface area contributed by atoms with Crippen molar-refractivity contribution in [1.82, 2.24) is 4.57 Å². The molecular formula is C25H19N3O3S. The molecule has 3 aromatic carbocycles. The molecule has 0 unspecified atom stereocenters. The Balaban J connectivity index is 1.69. The molecule has 158 valence electrons. The van der Waals surface area contributed by atoms with Crippen LogP contribution in [0.2, 0.25) is 0 Å². The van der Waals surface area contributed by atoms with Crippen LogP contribution in [0.4, 0.5) is 5.69 Å². The van der Waals surface area contributed by atoms with Crippen molar-refractivity contribution in [1.29, 1.82) is 0 Å². The number of rotatable bonds is 5. The van der Waals surface area contributed by atoms with E-state index in [4.69, 9.17) is 11.2 Å². The summed E-state index contributed by atoms with van der Waals surface area (Å²) >= 11 is 1.33. The Morgan fingerprint density at radius 1 is 1.06 bits per heavy atom. The van der Waals surface area contributed by atoms with Crippen molar-refractivity contribution in [3.8, 4) is 23.8 Å². The van der Waals surface area contributed by atoms with Crippen LogP contribution < -0.4 is 14.9 Å². The topological polar surface area (TPSA) is 72.7 Å². The molecule has 0 aliphatic rings. The molecule has 6 nitrogen and oxygen atoms in total. The summed E-state index contributed by atoms with van der Waals surface area (Å²) in [6, 6.07) is 21.7. The van der Waals surface area contributed by atoms with Crippen LogP contribution in [0, 0.1) is 12.3 Å². The second-order valence-electron chi connectivity index (χ2n) is 6.90. The molecule has 0 atom stereocenters. The van der Waals surface area contributed by atoms with Gasteiger partial charge >= 0.3 is 0 Å². The van der Waals surface area contributed by atoms with Crippen molar-refractivity contribution >= 4 is 39.1 Å². The van der Waals surface area contributed by atoms with Crippen LogP contribution in [-0.4, -0.2) is 16.4 Å². The number of hydrogen-bond acceptors (Lipinski definition) is 4. The van der Waals surface area contributed by atoms with Crippen molar-refractivity contribution in [2.45, 2.75) is 13.5 Å². The number of carbonyl (C=O) groups excluding carboxylic acids is 2. The maximum atomic E-state index is 12.9. The quantitative estimate of drug-likeness (QED) is 0.451. The zero-order chi connectivity index (χ0) is 22.5. The average Bonchev–Trinajstić information content (AvgIpc) is 3.10. The number of ether oxygens (including phenoxy) is 1. The summed E-state index contributed by atoms with van der Waals surface area (Å²) in [6.07, 6.45) is 5.54. The first-order valence-electron chi connectivity index (χ1n) is 9.80. The highest BCUT2D eigenvalue weighted by molar-refractivity contribution is 7.16. The van der Waals surface area contributed by atoms with Gasteiger partial charge in [0.2, 0.25) is 5.91 Å². The molecule has 0 saturated heterocycles. The van der Waals surface area contributed by atoms with Gasteiger partial charge in [0.1, 0.15) is 11.5 Å². The van der Waals surface area contributed by atoms with Gasteiger partial charge in [0.05, 0.1) is 16.8 Å². The van der Waals surface area contributed by atoms with Gasteiger partial charge in [0, 0.05) is 18.2 Å². The van der Waals surface area contributed by atoms with E-state index in [1.54, 1.807) is 34.9 Å². The van der Waals surface area contributed by atoms with Gasteiger partial charge in [-0.05, 0) is 48.5 Å². The van der Waals surface area contributed by atoms with Crippen LogP contribution in [0.15, 0.2) is 77.8 Å². The van der Waals surface area contributed by atoms with Gasteiger partial charge in [-0.2, -0.15) is 4.99 Å². The maximum absolute atomic E-state index is 12.9. The molecular weight excluding hydrogens is 422 g/mol. The number of carbonyl (C=O) groups is 2.